The Hall–Kier alpha value is -1.27. The topological polar surface area (TPSA) is 44.5 Å². The minimum Gasteiger partial charge on any atom is -0.497 e. The molecule has 2 N–H and O–H groups in total. The Labute approximate surface area is 104 Å². The molecule has 0 saturated heterocycles. The summed E-state index contributed by atoms with van der Waals surface area (Å²) in [5.74, 6) is 0.723. The van der Waals surface area contributed by atoms with Crippen LogP contribution in [0.4, 0.5) is 13.2 Å². The summed E-state index contributed by atoms with van der Waals surface area (Å²) < 4.78 is 45.0. The Kier molecular flexibility index (Phi) is 5.43. The summed E-state index contributed by atoms with van der Waals surface area (Å²) in [7, 11) is 1.56. The summed E-state index contributed by atoms with van der Waals surface area (Å²) in [4.78, 5) is 0. The third kappa shape index (κ3) is 5.88. The van der Waals surface area contributed by atoms with Crippen LogP contribution in [0, 0.1) is 0 Å². The van der Waals surface area contributed by atoms with E-state index in [1.807, 2.05) is 12.1 Å². The predicted molar refractivity (Wildman–Crippen MR) is 61.5 cm³/mol. The normalized spacial score (nSPS) is 13.4. The maximum Gasteiger partial charge on any atom is 0.411 e. The Balaban J connectivity index is 2.32. The van der Waals surface area contributed by atoms with Gasteiger partial charge in [0, 0.05) is 6.04 Å². The maximum atomic E-state index is 11.8. The average molecular weight is 263 g/mol. The van der Waals surface area contributed by atoms with Crippen LogP contribution >= 0.6 is 0 Å². The van der Waals surface area contributed by atoms with E-state index in [-0.39, 0.29) is 6.61 Å². The van der Waals surface area contributed by atoms with Crippen molar-refractivity contribution in [2.75, 3.05) is 20.3 Å². The highest BCUT2D eigenvalue weighted by Crippen LogP contribution is 2.15. The van der Waals surface area contributed by atoms with Crippen LogP contribution in [0.1, 0.15) is 5.56 Å². The molecule has 1 aromatic rings. The number of ether oxygens (including phenoxy) is 2. The lowest BCUT2D eigenvalue weighted by molar-refractivity contribution is -0.174. The number of benzene rings is 1. The number of methoxy groups -OCH3 is 1. The molecule has 0 bridgehead atoms. The van der Waals surface area contributed by atoms with Crippen LogP contribution < -0.4 is 10.5 Å². The highest BCUT2D eigenvalue weighted by atomic mass is 19.4. The highest BCUT2D eigenvalue weighted by molar-refractivity contribution is 5.27. The van der Waals surface area contributed by atoms with Gasteiger partial charge in [-0.05, 0) is 24.1 Å². The van der Waals surface area contributed by atoms with Gasteiger partial charge in [-0.3, -0.25) is 0 Å². The molecule has 0 fully saturated rings. The number of nitrogens with two attached hydrogens (primary N) is 1. The van der Waals surface area contributed by atoms with Crippen LogP contribution in [-0.2, 0) is 11.2 Å². The van der Waals surface area contributed by atoms with Gasteiger partial charge in [-0.1, -0.05) is 12.1 Å². The largest absolute Gasteiger partial charge is 0.497 e. The molecule has 0 aliphatic heterocycles. The Morgan fingerprint density at radius 1 is 1.22 bits per heavy atom. The van der Waals surface area contributed by atoms with Gasteiger partial charge in [0.25, 0.3) is 0 Å². The molecule has 1 atom stereocenters. The van der Waals surface area contributed by atoms with E-state index >= 15 is 0 Å². The van der Waals surface area contributed by atoms with Gasteiger partial charge in [0.15, 0.2) is 0 Å². The molecule has 1 unspecified atom stereocenters. The Morgan fingerprint density at radius 2 is 1.83 bits per heavy atom. The number of alkyl halides is 3. The van der Waals surface area contributed by atoms with Crippen molar-refractivity contribution in [1.29, 1.82) is 0 Å². The third-order valence-corrected chi connectivity index (χ3v) is 2.25. The second kappa shape index (κ2) is 6.61. The van der Waals surface area contributed by atoms with Gasteiger partial charge in [0.05, 0.1) is 13.7 Å². The zero-order chi connectivity index (χ0) is 13.6. The van der Waals surface area contributed by atoms with Crippen molar-refractivity contribution < 1.29 is 22.6 Å². The van der Waals surface area contributed by atoms with Gasteiger partial charge in [0.1, 0.15) is 12.4 Å². The van der Waals surface area contributed by atoms with Crippen LogP contribution in [-0.4, -0.2) is 32.5 Å². The summed E-state index contributed by atoms with van der Waals surface area (Å²) in [6.45, 7) is -1.38. The van der Waals surface area contributed by atoms with E-state index in [0.717, 1.165) is 11.3 Å². The second-order valence-electron chi connectivity index (χ2n) is 3.94. The number of rotatable bonds is 6. The molecule has 1 rings (SSSR count). The fourth-order valence-electron chi connectivity index (χ4n) is 1.45. The first-order valence-corrected chi connectivity index (χ1v) is 5.43. The average Bonchev–Trinajstić information content (AvgIpc) is 2.28. The molecule has 102 valence electrons. The highest BCUT2D eigenvalue weighted by Gasteiger charge is 2.27. The smallest absolute Gasteiger partial charge is 0.411 e. The lowest BCUT2D eigenvalue weighted by Gasteiger charge is -2.13. The Bertz CT molecular complexity index is 351. The van der Waals surface area contributed by atoms with E-state index < -0.39 is 18.8 Å². The van der Waals surface area contributed by atoms with Gasteiger partial charge < -0.3 is 15.2 Å². The molecule has 0 amide bonds. The molecule has 1 aromatic carbocycles. The fraction of sp³-hybridized carbons (Fsp3) is 0.500. The second-order valence-corrected chi connectivity index (χ2v) is 3.94. The zero-order valence-electron chi connectivity index (χ0n) is 10.0. The maximum absolute atomic E-state index is 11.8. The van der Waals surface area contributed by atoms with Gasteiger partial charge in [-0.15, -0.1) is 0 Å². The molecular weight excluding hydrogens is 247 g/mol. The van der Waals surface area contributed by atoms with Gasteiger partial charge in [-0.25, -0.2) is 0 Å². The molecule has 0 saturated carbocycles. The minimum atomic E-state index is -4.31. The van der Waals surface area contributed by atoms with Crippen molar-refractivity contribution in [3.63, 3.8) is 0 Å². The van der Waals surface area contributed by atoms with Crippen molar-refractivity contribution >= 4 is 0 Å². The minimum absolute atomic E-state index is 0.120. The van der Waals surface area contributed by atoms with E-state index in [1.54, 1.807) is 19.2 Å². The molecule has 6 heteroatoms. The first-order chi connectivity index (χ1) is 8.40. The van der Waals surface area contributed by atoms with Crippen molar-refractivity contribution in [2.45, 2.75) is 18.6 Å². The van der Waals surface area contributed by atoms with Gasteiger partial charge in [0.2, 0.25) is 0 Å². The summed E-state index contributed by atoms with van der Waals surface area (Å²) in [6, 6.07) is 6.74. The summed E-state index contributed by atoms with van der Waals surface area (Å²) in [5.41, 5.74) is 6.61. The molecular formula is C12H16F3NO2. The lowest BCUT2D eigenvalue weighted by Crippen LogP contribution is -2.31. The van der Waals surface area contributed by atoms with Gasteiger partial charge >= 0.3 is 6.18 Å². The van der Waals surface area contributed by atoms with Crippen molar-refractivity contribution in [3.8, 4) is 5.75 Å². The van der Waals surface area contributed by atoms with Gasteiger partial charge in [-0.2, -0.15) is 13.2 Å². The summed E-state index contributed by atoms with van der Waals surface area (Å²) in [6.07, 6.45) is -3.85. The van der Waals surface area contributed by atoms with Crippen LogP contribution in [0.5, 0.6) is 5.75 Å². The lowest BCUT2D eigenvalue weighted by atomic mass is 10.1. The van der Waals surface area contributed by atoms with E-state index in [1.165, 1.54) is 0 Å². The summed E-state index contributed by atoms with van der Waals surface area (Å²) in [5, 5.41) is 0. The third-order valence-electron chi connectivity index (χ3n) is 2.25. The molecule has 3 nitrogen and oxygen atoms in total. The fourth-order valence-corrected chi connectivity index (χ4v) is 1.45. The van der Waals surface area contributed by atoms with Crippen LogP contribution in [0.15, 0.2) is 24.3 Å². The molecule has 0 spiro atoms. The van der Waals surface area contributed by atoms with E-state index in [9.17, 15) is 13.2 Å². The van der Waals surface area contributed by atoms with Crippen LogP contribution in [0.2, 0.25) is 0 Å². The quantitative estimate of drug-likeness (QED) is 0.855. The van der Waals surface area contributed by atoms with Crippen molar-refractivity contribution in [2.24, 2.45) is 5.73 Å². The summed E-state index contributed by atoms with van der Waals surface area (Å²) >= 11 is 0. The zero-order valence-corrected chi connectivity index (χ0v) is 10.0. The number of halogens is 3. The Morgan fingerprint density at radius 3 is 2.33 bits per heavy atom. The van der Waals surface area contributed by atoms with E-state index in [0.29, 0.717) is 6.42 Å². The SMILES string of the molecule is COc1ccc(CC(N)COCC(F)(F)F)cc1. The van der Waals surface area contributed by atoms with E-state index in [2.05, 4.69) is 4.74 Å². The molecule has 0 radical (unpaired) electrons. The molecule has 0 heterocycles. The standard InChI is InChI=1S/C12H16F3NO2/c1-17-11-4-2-9(3-5-11)6-10(16)7-18-8-12(13,14)15/h2-5,10H,6-8,16H2,1H3. The predicted octanol–water partition coefficient (Wildman–Crippen LogP) is 2.14. The molecule has 0 aliphatic rings. The molecule has 0 aliphatic carbocycles. The van der Waals surface area contributed by atoms with E-state index in [4.69, 9.17) is 10.5 Å². The molecule has 0 aromatic heterocycles. The number of hydrogen-bond acceptors (Lipinski definition) is 3. The number of hydrogen-bond donors (Lipinski definition) is 1. The van der Waals surface area contributed by atoms with Crippen LogP contribution in [0.3, 0.4) is 0 Å². The first kappa shape index (κ1) is 14.8. The van der Waals surface area contributed by atoms with Crippen molar-refractivity contribution in [1.82, 2.24) is 0 Å². The first-order valence-electron chi connectivity index (χ1n) is 5.43. The van der Waals surface area contributed by atoms with Crippen LogP contribution in [0.25, 0.3) is 0 Å². The van der Waals surface area contributed by atoms with Crippen molar-refractivity contribution in [3.05, 3.63) is 29.8 Å². The monoisotopic (exact) mass is 263 g/mol. The molecule has 18 heavy (non-hydrogen) atoms.